The molecule has 1 aliphatic rings. The molecule has 0 spiro atoms. The minimum atomic E-state index is 0.0406. The average molecular weight is 475 g/mol. The molecule has 1 N–H and O–H groups in total. The number of hydrogen-bond acceptors (Lipinski definition) is 6. The largest absolute Gasteiger partial charge is 0.507 e. The normalized spacial score (nSPS) is 15.1. The van der Waals surface area contributed by atoms with Crippen molar-refractivity contribution in [1.82, 2.24) is 14.8 Å². The molecular weight excluding hydrogens is 448 g/mol. The van der Waals surface area contributed by atoms with Crippen LogP contribution in [0.25, 0.3) is 22.2 Å². The Hall–Kier alpha value is -3.36. The summed E-state index contributed by atoms with van der Waals surface area (Å²) in [6, 6.07) is 19.7. The number of amides is 1. The van der Waals surface area contributed by atoms with E-state index in [-0.39, 0.29) is 23.5 Å². The number of phenolic OH excluding ortho intramolecular Hbond substituents is 1. The molecule has 8 heteroatoms. The van der Waals surface area contributed by atoms with Crippen molar-refractivity contribution in [2.75, 3.05) is 24.4 Å². The lowest BCUT2D eigenvalue weighted by molar-refractivity contribution is -0.116. The van der Waals surface area contributed by atoms with Gasteiger partial charge in [-0.25, -0.2) is 0 Å². The van der Waals surface area contributed by atoms with E-state index in [0.29, 0.717) is 29.7 Å². The SMILES string of the molecule is COCCn1c(SCC(=O)N2c3ccccc3C[C@@H]2C)nnc1-c1cc2ccccc2cc1O. The molecule has 0 saturated carbocycles. The first kappa shape index (κ1) is 22.4. The summed E-state index contributed by atoms with van der Waals surface area (Å²) >= 11 is 1.36. The van der Waals surface area contributed by atoms with Crippen molar-refractivity contribution in [3.05, 3.63) is 66.2 Å². The fourth-order valence-electron chi connectivity index (χ4n) is 4.53. The molecule has 1 amide bonds. The van der Waals surface area contributed by atoms with Crippen LogP contribution in [0.15, 0.2) is 65.8 Å². The number of benzene rings is 3. The minimum Gasteiger partial charge on any atom is -0.507 e. The quantitative estimate of drug-likeness (QED) is 0.397. The summed E-state index contributed by atoms with van der Waals surface area (Å²) < 4.78 is 7.21. The molecule has 4 aromatic rings. The van der Waals surface area contributed by atoms with E-state index < -0.39 is 0 Å². The molecule has 3 aromatic carbocycles. The number of methoxy groups -OCH3 is 1. The minimum absolute atomic E-state index is 0.0406. The van der Waals surface area contributed by atoms with Crippen LogP contribution in [0.4, 0.5) is 5.69 Å². The summed E-state index contributed by atoms with van der Waals surface area (Å²) in [5.74, 6) is 0.974. The lowest BCUT2D eigenvalue weighted by Gasteiger charge is -2.22. The van der Waals surface area contributed by atoms with E-state index >= 15 is 0 Å². The van der Waals surface area contributed by atoms with Crippen LogP contribution >= 0.6 is 11.8 Å². The van der Waals surface area contributed by atoms with Crippen molar-refractivity contribution in [3.8, 4) is 17.1 Å². The van der Waals surface area contributed by atoms with E-state index in [9.17, 15) is 9.90 Å². The number of para-hydroxylation sites is 1. The van der Waals surface area contributed by atoms with Gasteiger partial charge < -0.3 is 14.7 Å². The van der Waals surface area contributed by atoms with E-state index in [1.165, 1.54) is 17.3 Å². The smallest absolute Gasteiger partial charge is 0.237 e. The number of aromatic nitrogens is 3. The Morgan fingerprint density at radius 1 is 1.12 bits per heavy atom. The number of anilines is 1. The number of nitrogens with zero attached hydrogens (tertiary/aromatic N) is 4. The van der Waals surface area contributed by atoms with Gasteiger partial charge in [0.1, 0.15) is 5.75 Å². The molecule has 1 aliphatic heterocycles. The van der Waals surface area contributed by atoms with Crippen molar-refractivity contribution in [3.63, 3.8) is 0 Å². The Labute approximate surface area is 202 Å². The predicted octanol–water partition coefficient (Wildman–Crippen LogP) is 4.52. The predicted molar refractivity (Wildman–Crippen MR) is 134 cm³/mol. The van der Waals surface area contributed by atoms with Gasteiger partial charge in [-0.3, -0.25) is 9.36 Å². The second-order valence-corrected chi connectivity index (χ2v) is 9.34. The van der Waals surface area contributed by atoms with Crippen LogP contribution in [0, 0.1) is 0 Å². The summed E-state index contributed by atoms with van der Waals surface area (Å²) in [5.41, 5.74) is 2.79. The number of thioether (sulfide) groups is 1. The molecule has 34 heavy (non-hydrogen) atoms. The Kier molecular flexibility index (Phi) is 6.26. The van der Waals surface area contributed by atoms with Crippen LogP contribution in [-0.4, -0.2) is 51.3 Å². The summed E-state index contributed by atoms with van der Waals surface area (Å²) in [5, 5.41) is 22.0. The first-order valence-electron chi connectivity index (χ1n) is 11.2. The van der Waals surface area contributed by atoms with Crippen molar-refractivity contribution < 1.29 is 14.6 Å². The number of carbonyl (C=O) groups excluding carboxylic acids is 1. The Morgan fingerprint density at radius 3 is 2.65 bits per heavy atom. The third kappa shape index (κ3) is 4.15. The first-order chi connectivity index (χ1) is 16.6. The lowest BCUT2D eigenvalue weighted by Crippen LogP contribution is -2.37. The zero-order chi connectivity index (χ0) is 23.7. The second-order valence-electron chi connectivity index (χ2n) is 8.40. The first-order valence-corrected chi connectivity index (χ1v) is 12.2. The van der Waals surface area contributed by atoms with Gasteiger partial charge in [-0.2, -0.15) is 0 Å². The van der Waals surface area contributed by atoms with Crippen LogP contribution in [0.2, 0.25) is 0 Å². The molecule has 2 heterocycles. The topological polar surface area (TPSA) is 80.5 Å². The summed E-state index contributed by atoms with van der Waals surface area (Å²) in [6.07, 6.45) is 0.863. The fraction of sp³-hybridized carbons (Fsp3) is 0.269. The maximum absolute atomic E-state index is 13.2. The summed E-state index contributed by atoms with van der Waals surface area (Å²) in [6.45, 7) is 3.03. The molecule has 0 radical (unpaired) electrons. The van der Waals surface area contributed by atoms with Gasteiger partial charge in [0.05, 0.1) is 24.5 Å². The van der Waals surface area contributed by atoms with Gasteiger partial charge in [0.25, 0.3) is 0 Å². The third-order valence-electron chi connectivity index (χ3n) is 6.14. The van der Waals surface area contributed by atoms with Crippen molar-refractivity contribution in [2.45, 2.75) is 31.1 Å². The van der Waals surface area contributed by atoms with Crippen LogP contribution in [0.5, 0.6) is 5.75 Å². The van der Waals surface area contributed by atoms with Gasteiger partial charge in [0.2, 0.25) is 5.91 Å². The van der Waals surface area contributed by atoms with Crippen LogP contribution < -0.4 is 4.90 Å². The molecule has 0 aliphatic carbocycles. The zero-order valence-corrected chi connectivity index (χ0v) is 20.0. The van der Waals surface area contributed by atoms with Crippen LogP contribution in [-0.2, 0) is 22.5 Å². The number of carbonyl (C=O) groups is 1. The highest BCUT2D eigenvalue weighted by Crippen LogP contribution is 2.35. The van der Waals surface area contributed by atoms with E-state index in [2.05, 4.69) is 23.2 Å². The molecule has 7 nitrogen and oxygen atoms in total. The fourth-order valence-corrected chi connectivity index (χ4v) is 5.35. The molecular formula is C26H26N4O3S. The number of phenols is 1. The lowest BCUT2D eigenvalue weighted by atomic mass is 10.1. The van der Waals surface area contributed by atoms with Gasteiger partial charge in [0.15, 0.2) is 11.0 Å². The van der Waals surface area contributed by atoms with Gasteiger partial charge in [-0.15, -0.1) is 10.2 Å². The van der Waals surface area contributed by atoms with E-state index in [1.807, 2.05) is 58.0 Å². The molecule has 174 valence electrons. The highest BCUT2D eigenvalue weighted by atomic mass is 32.2. The zero-order valence-electron chi connectivity index (χ0n) is 19.1. The van der Waals surface area contributed by atoms with Gasteiger partial charge in [-0.05, 0) is 47.9 Å². The van der Waals surface area contributed by atoms with Crippen molar-refractivity contribution >= 4 is 34.1 Å². The molecule has 0 saturated heterocycles. The Balaban J connectivity index is 1.42. The summed E-state index contributed by atoms with van der Waals surface area (Å²) in [4.78, 5) is 15.1. The highest BCUT2D eigenvalue weighted by Gasteiger charge is 2.30. The monoisotopic (exact) mass is 474 g/mol. The molecule has 5 rings (SSSR count). The van der Waals surface area contributed by atoms with Crippen LogP contribution in [0.3, 0.4) is 0 Å². The Bertz CT molecular complexity index is 1350. The number of rotatable bonds is 7. The molecule has 0 fully saturated rings. The Morgan fingerprint density at radius 2 is 1.85 bits per heavy atom. The number of aromatic hydroxyl groups is 1. The van der Waals surface area contributed by atoms with Gasteiger partial charge in [-0.1, -0.05) is 54.2 Å². The van der Waals surface area contributed by atoms with E-state index in [0.717, 1.165) is 22.9 Å². The molecule has 0 bridgehead atoms. The van der Waals surface area contributed by atoms with Crippen LogP contribution in [0.1, 0.15) is 12.5 Å². The summed E-state index contributed by atoms with van der Waals surface area (Å²) in [7, 11) is 1.64. The van der Waals surface area contributed by atoms with Crippen molar-refractivity contribution in [2.24, 2.45) is 0 Å². The number of hydrogen-bond donors (Lipinski definition) is 1. The molecule has 0 unspecified atom stereocenters. The van der Waals surface area contributed by atoms with Gasteiger partial charge in [0, 0.05) is 18.8 Å². The molecule has 1 aromatic heterocycles. The maximum Gasteiger partial charge on any atom is 0.237 e. The van der Waals surface area contributed by atoms with E-state index in [4.69, 9.17) is 4.74 Å². The highest BCUT2D eigenvalue weighted by molar-refractivity contribution is 7.99. The number of fused-ring (bicyclic) bond motifs is 2. The average Bonchev–Trinajstić information content (AvgIpc) is 3.40. The molecule has 1 atom stereocenters. The standard InChI is InChI=1S/C26H26N4O3S/c1-17-13-20-9-5-6-10-22(20)30(17)24(32)16-34-26-28-27-25(29(26)11-12-33-2)21-14-18-7-3-4-8-19(18)15-23(21)31/h3-10,14-15,17,31H,11-13,16H2,1-2H3/t17-/m0/s1. The van der Waals surface area contributed by atoms with E-state index in [1.54, 1.807) is 13.2 Å². The number of ether oxygens (including phenoxy) is 1. The third-order valence-corrected chi connectivity index (χ3v) is 7.09. The second kappa shape index (κ2) is 9.48. The van der Waals surface area contributed by atoms with Crippen molar-refractivity contribution in [1.29, 1.82) is 0 Å². The van der Waals surface area contributed by atoms with Gasteiger partial charge >= 0.3 is 0 Å². The maximum atomic E-state index is 13.2.